The van der Waals surface area contributed by atoms with Gasteiger partial charge in [0.15, 0.2) is 6.10 Å². The molecule has 8 heteroatoms. The number of nitrogens with one attached hydrogen (secondary N) is 2. The molecule has 1 saturated heterocycles. The van der Waals surface area contributed by atoms with Crippen LogP contribution in [0.3, 0.4) is 0 Å². The van der Waals surface area contributed by atoms with Crippen molar-refractivity contribution in [3.63, 3.8) is 0 Å². The summed E-state index contributed by atoms with van der Waals surface area (Å²) >= 11 is 0. The third-order valence-corrected chi connectivity index (χ3v) is 6.77. The number of carboxylic acid groups (broad SMARTS) is 1. The number of aliphatic carboxylic acids is 1. The zero-order chi connectivity index (χ0) is 24.8. The maximum absolute atomic E-state index is 12.4. The highest BCUT2D eigenvalue weighted by molar-refractivity contribution is 5.79. The molecule has 2 aromatic carbocycles. The molecule has 186 valence electrons. The molecule has 1 aliphatic carbocycles. The van der Waals surface area contributed by atoms with Gasteiger partial charge in [-0.15, -0.1) is 0 Å². The molecule has 0 radical (unpaired) electrons. The van der Waals surface area contributed by atoms with Crippen molar-refractivity contribution in [2.75, 3.05) is 19.8 Å². The van der Waals surface area contributed by atoms with Crippen molar-refractivity contribution in [2.24, 2.45) is 5.92 Å². The molecular weight excluding hydrogens is 448 g/mol. The van der Waals surface area contributed by atoms with Crippen LogP contribution in [0.4, 0.5) is 4.79 Å². The fraction of sp³-hybridized carbons (Fsp3) is 0.444. The summed E-state index contributed by atoms with van der Waals surface area (Å²) in [5, 5.41) is 14.8. The lowest BCUT2D eigenvalue weighted by Crippen LogP contribution is -2.36. The monoisotopic (exact) mass is 480 g/mol. The number of fused-ring (bicyclic) bond motifs is 3. The van der Waals surface area contributed by atoms with Crippen LogP contribution in [0.2, 0.25) is 0 Å². The summed E-state index contributed by atoms with van der Waals surface area (Å²) < 4.78 is 10.8. The second-order valence-electron chi connectivity index (χ2n) is 9.25. The molecule has 2 amide bonds. The van der Waals surface area contributed by atoms with Gasteiger partial charge in [-0.3, -0.25) is 4.79 Å². The van der Waals surface area contributed by atoms with Crippen LogP contribution in [0.5, 0.6) is 0 Å². The average Bonchev–Trinajstić information content (AvgIpc) is 3.44. The number of ether oxygens (including phenoxy) is 2. The first-order valence-corrected chi connectivity index (χ1v) is 12.2. The number of carbonyl (C=O) groups is 3. The standard InChI is InChI=1S/C27H32N2O6/c1-17(7-6-12-24(30)28-15-18-13-14-34-25(18)26(31)32)29-27(33)35-16-23-21-10-4-2-8-19(21)20-9-3-5-11-22(20)23/h2-5,8-11,17-18,23,25H,6-7,12-16H2,1H3,(H,28,30)(H,29,33)(H,31,32)/t17?,18-,25-/m1/s1. The normalized spacial score (nSPS) is 19.5. The molecule has 1 aliphatic heterocycles. The van der Waals surface area contributed by atoms with Crippen LogP contribution in [0.1, 0.15) is 49.7 Å². The van der Waals surface area contributed by atoms with Crippen LogP contribution in [-0.4, -0.2) is 55.0 Å². The molecule has 2 aliphatic rings. The van der Waals surface area contributed by atoms with Crippen molar-refractivity contribution in [1.82, 2.24) is 10.6 Å². The van der Waals surface area contributed by atoms with Crippen LogP contribution in [-0.2, 0) is 19.1 Å². The molecule has 1 unspecified atom stereocenters. The van der Waals surface area contributed by atoms with Crippen LogP contribution in [0, 0.1) is 5.92 Å². The van der Waals surface area contributed by atoms with E-state index in [1.165, 1.54) is 22.3 Å². The minimum absolute atomic E-state index is 0.0122. The lowest BCUT2D eigenvalue weighted by atomic mass is 9.98. The van der Waals surface area contributed by atoms with Crippen molar-refractivity contribution >= 4 is 18.0 Å². The molecule has 8 nitrogen and oxygen atoms in total. The first kappa shape index (κ1) is 24.7. The largest absolute Gasteiger partial charge is 0.479 e. The van der Waals surface area contributed by atoms with E-state index in [0.717, 1.165) is 0 Å². The van der Waals surface area contributed by atoms with Crippen LogP contribution in [0.15, 0.2) is 48.5 Å². The molecule has 1 heterocycles. The summed E-state index contributed by atoms with van der Waals surface area (Å²) in [7, 11) is 0. The molecule has 0 aromatic heterocycles. The Balaban J connectivity index is 1.16. The molecule has 4 rings (SSSR count). The lowest BCUT2D eigenvalue weighted by molar-refractivity contribution is -0.149. The Morgan fingerprint density at radius 3 is 2.40 bits per heavy atom. The number of hydrogen-bond donors (Lipinski definition) is 3. The molecule has 0 bridgehead atoms. The van der Waals surface area contributed by atoms with Gasteiger partial charge in [0, 0.05) is 37.5 Å². The maximum atomic E-state index is 12.4. The number of amides is 2. The zero-order valence-electron chi connectivity index (χ0n) is 19.9. The van der Waals surface area contributed by atoms with Crippen molar-refractivity contribution in [2.45, 2.75) is 50.7 Å². The quantitative estimate of drug-likeness (QED) is 0.478. The summed E-state index contributed by atoms with van der Waals surface area (Å²) in [5.74, 6) is -1.31. The summed E-state index contributed by atoms with van der Waals surface area (Å²) in [6.07, 6.45) is 0.837. The fourth-order valence-electron chi connectivity index (χ4n) is 4.93. The second-order valence-corrected chi connectivity index (χ2v) is 9.25. The van der Waals surface area contributed by atoms with E-state index in [1.807, 2.05) is 31.2 Å². The first-order chi connectivity index (χ1) is 16.9. The van der Waals surface area contributed by atoms with Crippen LogP contribution >= 0.6 is 0 Å². The predicted octanol–water partition coefficient (Wildman–Crippen LogP) is 3.69. The van der Waals surface area contributed by atoms with E-state index < -0.39 is 18.2 Å². The van der Waals surface area contributed by atoms with E-state index in [0.29, 0.717) is 38.8 Å². The smallest absolute Gasteiger partial charge is 0.407 e. The molecule has 0 saturated carbocycles. The molecule has 3 N–H and O–H groups in total. The van der Waals surface area contributed by atoms with E-state index in [2.05, 4.69) is 34.9 Å². The molecule has 35 heavy (non-hydrogen) atoms. The molecule has 3 atom stereocenters. The van der Waals surface area contributed by atoms with Gasteiger partial charge in [0.2, 0.25) is 5.91 Å². The minimum Gasteiger partial charge on any atom is -0.479 e. The van der Waals surface area contributed by atoms with Gasteiger partial charge in [-0.2, -0.15) is 0 Å². The topological polar surface area (TPSA) is 114 Å². The number of rotatable bonds is 10. The van der Waals surface area contributed by atoms with Gasteiger partial charge in [-0.05, 0) is 48.4 Å². The summed E-state index contributed by atoms with van der Waals surface area (Å²) in [6.45, 7) is 2.84. The Morgan fingerprint density at radius 2 is 1.74 bits per heavy atom. The van der Waals surface area contributed by atoms with Gasteiger partial charge in [0.25, 0.3) is 0 Å². The first-order valence-electron chi connectivity index (χ1n) is 12.2. The Hall–Kier alpha value is -3.39. The van der Waals surface area contributed by atoms with Gasteiger partial charge in [-0.1, -0.05) is 48.5 Å². The molecule has 2 aromatic rings. The SMILES string of the molecule is CC(CCCC(=O)NC[C@H]1CCO[C@H]1C(=O)O)NC(=O)OCC1c2ccccc2-c2ccccc21. The minimum atomic E-state index is -0.991. The van der Waals surface area contributed by atoms with E-state index in [4.69, 9.17) is 14.6 Å². The Kier molecular flexibility index (Phi) is 8.02. The van der Waals surface area contributed by atoms with Gasteiger partial charge in [-0.25, -0.2) is 9.59 Å². The summed E-state index contributed by atoms with van der Waals surface area (Å²) in [5.41, 5.74) is 4.70. The van der Waals surface area contributed by atoms with Gasteiger partial charge in [0.1, 0.15) is 6.61 Å². The van der Waals surface area contributed by atoms with Crippen molar-refractivity contribution < 1.29 is 29.0 Å². The van der Waals surface area contributed by atoms with Crippen molar-refractivity contribution in [3.05, 3.63) is 59.7 Å². The highest BCUT2D eigenvalue weighted by Crippen LogP contribution is 2.44. The third kappa shape index (κ3) is 6.00. The number of carbonyl (C=O) groups excluding carboxylic acids is 2. The Labute approximate surface area is 205 Å². The number of benzene rings is 2. The van der Waals surface area contributed by atoms with Gasteiger partial charge < -0.3 is 25.2 Å². The summed E-state index contributed by atoms with van der Waals surface area (Å²) in [6, 6.07) is 16.2. The summed E-state index contributed by atoms with van der Waals surface area (Å²) in [4.78, 5) is 35.7. The van der Waals surface area contributed by atoms with E-state index >= 15 is 0 Å². The van der Waals surface area contributed by atoms with Crippen LogP contribution < -0.4 is 10.6 Å². The number of alkyl carbamates (subject to hydrolysis) is 1. The highest BCUT2D eigenvalue weighted by atomic mass is 16.5. The zero-order valence-corrected chi connectivity index (χ0v) is 19.9. The van der Waals surface area contributed by atoms with Crippen molar-refractivity contribution in [3.8, 4) is 11.1 Å². The maximum Gasteiger partial charge on any atom is 0.407 e. The fourth-order valence-corrected chi connectivity index (χ4v) is 4.93. The van der Waals surface area contributed by atoms with E-state index in [9.17, 15) is 14.4 Å². The second kappa shape index (κ2) is 11.4. The number of hydrogen-bond acceptors (Lipinski definition) is 5. The lowest BCUT2D eigenvalue weighted by Gasteiger charge is -2.17. The van der Waals surface area contributed by atoms with Gasteiger partial charge in [0.05, 0.1) is 0 Å². The van der Waals surface area contributed by atoms with Crippen LogP contribution in [0.25, 0.3) is 11.1 Å². The molecule has 1 fully saturated rings. The van der Waals surface area contributed by atoms with Gasteiger partial charge >= 0.3 is 12.1 Å². The Bertz CT molecular complexity index is 1030. The predicted molar refractivity (Wildman–Crippen MR) is 130 cm³/mol. The Morgan fingerprint density at radius 1 is 1.09 bits per heavy atom. The number of carboxylic acids is 1. The third-order valence-electron chi connectivity index (χ3n) is 6.77. The molecule has 0 spiro atoms. The van der Waals surface area contributed by atoms with E-state index in [-0.39, 0.29) is 30.4 Å². The highest BCUT2D eigenvalue weighted by Gasteiger charge is 2.34. The van der Waals surface area contributed by atoms with E-state index in [1.54, 1.807) is 0 Å². The van der Waals surface area contributed by atoms with Crippen molar-refractivity contribution in [1.29, 1.82) is 0 Å². The molecular formula is C27H32N2O6. The average molecular weight is 481 g/mol.